The van der Waals surface area contributed by atoms with Gasteiger partial charge in [-0.3, -0.25) is 4.79 Å². The number of hydrogen-bond donors (Lipinski definition) is 2. The van der Waals surface area contributed by atoms with Crippen molar-refractivity contribution in [3.63, 3.8) is 0 Å². The fourth-order valence-electron chi connectivity index (χ4n) is 0.997. The average molecular weight is 290 g/mol. The van der Waals surface area contributed by atoms with Crippen LogP contribution >= 0.6 is 27.5 Å². The van der Waals surface area contributed by atoms with Crippen LogP contribution in [0.5, 0.6) is 0 Å². The molecule has 5 heteroatoms. The molecule has 0 radical (unpaired) electrons. The lowest BCUT2D eigenvalue weighted by Crippen LogP contribution is -2.24. The van der Waals surface area contributed by atoms with Crippen molar-refractivity contribution in [2.45, 2.75) is 0 Å². The molecule has 80 valence electrons. The Morgan fingerprint density at radius 2 is 2.27 bits per heavy atom. The molecule has 0 heterocycles. The van der Waals surface area contributed by atoms with Gasteiger partial charge in [0.15, 0.2) is 0 Å². The quantitative estimate of drug-likeness (QED) is 0.840. The fraction of sp³-hybridized carbons (Fsp3) is 0.100. The number of nitrogen functional groups attached to an aromatic ring is 1. The summed E-state index contributed by atoms with van der Waals surface area (Å²) >= 11 is 9.02. The molecule has 0 aromatic heterocycles. The third-order valence-electron chi connectivity index (χ3n) is 1.71. The van der Waals surface area contributed by atoms with Gasteiger partial charge in [0.1, 0.15) is 0 Å². The summed E-state index contributed by atoms with van der Waals surface area (Å²) in [6.45, 7) is 3.96. The molecule has 0 unspecified atom stereocenters. The Morgan fingerprint density at radius 1 is 1.60 bits per heavy atom. The highest BCUT2D eigenvalue weighted by molar-refractivity contribution is 9.11. The third kappa shape index (κ3) is 3.25. The van der Waals surface area contributed by atoms with Crippen LogP contribution in [0, 0.1) is 0 Å². The minimum atomic E-state index is -0.270. The second kappa shape index (κ2) is 5.19. The smallest absolute Gasteiger partial charge is 0.253 e. The number of halogens is 2. The first kappa shape index (κ1) is 12.1. The van der Waals surface area contributed by atoms with Crippen molar-refractivity contribution in [3.05, 3.63) is 39.8 Å². The van der Waals surface area contributed by atoms with Gasteiger partial charge in [0.05, 0.1) is 16.3 Å². The monoisotopic (exact) mass is 288 g/mol. The van der Waals surface area contributed by atoms with Crippen LogP contribution in [0.1, 0.15) is 10.4 Å². The molecule has 0 aliphatic rings. The Bertz CT molecular complexity index is 406. The standard InChI is InChI=1S/C10H10BrClN2O/c1-6(11)5-14-10(15)7-3-2-4-8(13)9(7)12/h2-4H,1,5,13H2,(H,14,15). The van der Waals surface area contributed by atoms with E-state index in [2.05, 4.69) is 27.8 Å². The Balaban J connectivity index is 2.82. The van der Waals surface area contributed by atoms with Crippen LogP contribution < -0.4 is 11.1 Å². The maximum Gasteiger partial charge on any atom is 0.253 e. The van der Waals surface area contributed by atoms with Crippen molar-refractivity contribution in [1.82, 2.24) is 5.32 Å². The second-order valence-electron chi connectivity index (χ2n) is 2.91. The van der Waals surface area contributed by atoms with E-state index in [1.807, 2.05) is 0 Å². The highest BCUT2D eigenvalue weighted by Crippen LogP contribution is 2.22. The molecule has 0 aliphatic heterocycles. The van der Waals surface area contributed by atoms with Crippen molar-refractivity contribution >= 4 is 39.1 Å². The number of nitrogens with two attached hydrogens (primary N) is 1. The van der Waals surface area contributed by atoms with Crippen LogP contribution in [-0.4, -0.2) is 12.5 Å². The molecule has 0 bridgehead atoms. The van der Waals surface area contributed by atoms with Gasteiger partial charge in [-0.2, -0.15) is 0 Å². The van der Waals surface area contributed by atoms with Crippen LogP contribution in [0.15, 0.2) is 29.3 Å². The molecule has 1 aromatic rings. The van der Waals surface area contributed by atoms with Crippen molar-refractivity contribution in [3.8, 4) is 0 Å². The van der Waals surface area contributed by atoms with Gasteiger partial charge in [-0.1, -0.05) is 40.2 Å². The Kier molecular flexibility index (Phi) is 4.17. The molecule has 0 saturated heterocycles. The van der Waals surface area contributed by atoms with Gasteiger partial charge < -0.3 is 11.1 Å². The van der Waals surface area contributed by atoms with E-state index < -0.39 is 0 Å². The predicted molar refractivity (Wildman–Crippen MR) is 66.3 cm³/mol. The number of amides is 1. The number of hydrogen-bond acceptors (Lipinski definition) is 2. The van der Waals surface area contributed by atoms with Gasteiger partial charge in [-0.25, -0.2) is 0 Å². The predicted octanol–water partition coefficient (Wildman–Crippen LogP) is 2.56. The normalized spacial score (nSPS) is 9.73. The van der Waals surface area contributed by atoms with Crippen LogP contribution in [0.4, 0.5) is 5.69 Å². The van der Waals surface area contributed by atoms with Gasteiger partial charge >= 0.3 is 0 Å². The maximum absolute atomic E-state index is 11.6. The van der Waals surface area contributed by atoms with E-state index in [-0.39, 0.29) is 10.9 Å². The number of nitrogens with one attached hydrogen (secondary N) is 1. The summed E-state index contributed by atoms with van der Waals surface area (Å²) in [6, 6.07) is 4.94. The highest BCUT2D eigenvalue weighted by Gasteiger charge is 2.11. The summed E-state index contributed by atoms with van der Waals surface area (Å²) < 4.78 is 0.691. The molecule has 3 nitrogen and oxygen atoms in total. The lowest BCUT2D eigenvalue weighted by molar-refractivity contribution is 0.0958. The van der Waals surface area contributed by atoms with Crippen LogP contribution in [0.25, 0.3) is 0 Å². The zero-order valence-electron chi connectivity index (χ0n) is 7.89. The summed E-state index contributed by atoms with van der Waals surface area (Å²) in [6.07, 6.45) is 0. The highest BCUT2D eigenvalue weighted by atomic mass is 79.9. The first-order valence-corrected chi connectivity index (χ1v) is 5.35. The van der Waals surface area contributed by atoms with Gasteiger partial charge in [-0.05, 0) is 12.1 Å². The van der Waals surface area contributed by atoms with Crippen molar-refractivity contribution in [1.29, 1.82) is 0 Å². The average Bonchev–Trinajstić information content (AvgIpc) is 2.18. The van der Waals surface area contributed by atoms with E-state index in [4.69, 9.17) is 17.3 Å². The zero-order valence-corrected chi connectivity index (χ0v) is 10.2. The number of carbonyl (C=O) groups excluding carboxylic acids is 1. The van der Waals surface area contributed by atoms with Gasteiger partial charge in [-0.15, -0.1) is 0 Å². The minimum absolute atomic E-state index is 0.270. The van der Waals surface area contributed by atoms with Crippen molar-refractivity contribution < 1.29 is 4.79 Å². The molecule has 1 rings (SSSR count). The summed E-state index contributed by atoms with van der Waals surface area (Å²) in [5.74, 6) is -0.270. The first-order chi connectivity index (χ1) is 7.02. The summed E-state index contributed by atoms with van der Waals surface area (Å²) in [5, 5.41) is 2.91. The van der Waals surface area contributed by atoms with E-state index in [0.717, 1.165) is 0 Å². The third-order valence-corrected chi connectivity index (χ3v) is 2.42. The van der Waals surface area contributed by atoms with Crippen LogP contribution in [0.2, 0.25) is 5.02 Å². The van der Waals surface area contributed by atoms with Crippen LogP contribution in [0.3, 0.4) is 0 Å². The molecule has 1 amide bonds. The lowest BCUT2D eigenvalue weighted by atomic mass is 10.2. The van der Waals surface area contributed by atoms with E-state index in [1.54, 1.807) is 18.2 Å². The molecule has 1 aromatic carbocycles. The fourth-order valence-corrected chi connectivity index (χ4v) is 1.35. The maximum atomic E-state index is 11.6. The molecule has 0 fully saturated rings. The number of benzene rings is 1. The van der Waals surface area contributed by atoms with Gasteiger partial charge in [0.2, 0.25) is 0 Å². The van der Waals surface area contributed by atoms with Crippen molar-refractivity contribution in [2.75, 3.05) is 12.3 Å². The summed E-state index contributed by atoms with van der Waals surface area (Å²) in [5.41, 5.74) is 6.33. The van der Waals surface area contributed by atoms with Crippen molar-refractivity contribution in [2.24, 2.45) is 0 Å². The number of anilines is 1. The molecule has 0 atom stereocenters. The van der Waals surface area contributed by atoms with E-state index in [1.165, 1.54) is 0 Å². The Morgan fingerprint density at radius 3 is 2.87 bits per heavy atom. The summed E-state index contributed by atoms with van der Waals surface area (Å²) in [7, 11) is 0. The topological polar surface area (TPSA) is 55.1 Å². The Hall–Kier alpha value is -1.00. The van der Waals surface area contributed by atoms with E-state index >= 15 is 0 Å². The lowest BCUT2D eigenvalue weighted by Gasteiger charge is -2.07. The second-order valence-corrected chi connectivity index (χ2v) is 4.41. The molecule has 3 N–H and O–H groups in total. The minimum Gasteiger partial charge on any atom is -0.398 e. The largest absolute Gasteiger partial charge is 0.398 e. The summed E-state index contributed by atoms with van der Waals surface area (Å²) in [4.78, 5) is 11.6. The van der Waals surface area contributed by atoms with Gasteiger partial charge in [0.25, 0.3) is 5.91 Å². The molecule has 0 aliphatic carbocycles. The number of rotatable bonds is 3. The number of carbonyl (C=O) groups is 1. The zero-order chi connectivity index (χ0) is 11.4. The van der Waals surface area contributed by atoms with E-state index in [0.29, 0.717) is 22.3 Å². The molecule has 15 heavy (non-hydrogen) atoms. The van der Waals surface area contributed by atoms with E-state index in [9.17, 15) is 4.79 Å². The Labute approximate surface area is 101 Å². The molecular formula is C10H10BrClN2O. The molecular weight excluding hydrogens is 279 g/mol. The molecule has 0 spiro atoms. The SMILES string of the molecule is C=C(Br)CNC(=O)c1cccc(N)c1Cl. The van der Waals surface area contributed by atoms with Gasteiger partial charge in [0, 0.05) is 11.0 Å². The van der Waals surface area contributed by atoms with Crippen LogP contribution in [-0.2, 0) is 0 Å². The molecule has 0 saturated carbocycles. The first-order valence-electron chi connectivity index (χ1n) is 4.18.